The first-order valence-electron chi connectivity index (χ1n) is 11.0. The highest BCUT2D eigenvalue weighted by Gasteiger charge is 2.67. The van der Waals surface area contributed by atoms with E-state index in [-0.39, 0.29) is 47.1 Å². The van der Waals surface area contributed by atoms with E-state index in [1.165, 1.54) is 7.11 Å². The van der Waals surface area contributed by atoms with Crippen molar-refractivity contribution in [3.8, 4) is 0 Å². The number of hydrogen-bond acceptors (Lipinski definition) is 6. The second kappa shape index (κ2) is 10.1. The molecule has 0 aromatic rings. The van der Waals surface area contributed by atoms with Crippen LogP contribution in [0.5, 0.6) is 0 Å². The van der Waals surface area contributed by atoms with Crippen LogP contribution in [0.25, 0.3) is 0 Å². The third-order valence-electron chi connectivity index (χ3n) is 6.50. The molecule has 0 saturated heterocycles. The molecule has 1 rings (SSSR count). The van der Waals surface area contributed by atoms with Crippen LogP contribution in [0, 0.1) is 34.0 Å². The summed E-state index contributed by atoms with van der Waals surface area (Å²) < 4.78 is 15.9. The molecule has 0 aliphatic heterocycles. The second-order valence-electron chi connectivity index (χ2n) is 11.3. The van der Waals surface area contributed by atoms with Crippen molar-refractivity contribution in [3.05, 3.63) is 0 Å². The van der Waals surface area contributed by atoms with Crippen molar-refractivity contribution in [1.82, 2.24) is 0 Å². The predicted molar refractivity (Wildman–Crippen MR) is 116 cm³/mol. The maximum Gasteiger partial charge on any atom is 0.312 e. The lowest BCUT2D eigenvalue weighted by Gasteiger charge is -2.32. The van der Waals surface area contributed by atoms with Crippen LogP contribution in [0.2, 0.25) is 0 Å². The highest BCUT2D eigenvalue weighted by molar-refractivity contribution is 5.82. The van der Waals surface area contributed by atoms with E-state index in [1.54, 1.807) is 0 Å². The number of hydrogen-bond donors (Lipinski definition) is 0. The van der Waals surface area contributed by atoms with E-state index in [0.29, 0.717) is 19.3 Å². The lowest BCUT2D eigenvalue weighted by molar-refractivity contribution is -0.163. The highest BCUT2D eigenvalue weighted by atomic mass is 16.6. The standard InChI is InChI=1S/C24H42O6/c1-16(2)18(10-17(3)11-20(26)28-9)19(30-15-25)12-29-21(27)24(13-22(4,5)6)14-23(24,7)8/h15-19H,10-14H2,1-9H3. The van der Waals surface area contributed by atoms with Crippen LogP contribution in [0.3, 0.4) is 0 Å². The summed E-state index contributed by atoms with van der Waals surface area (Å²) in [6.07, 6.45) is 1.99. The Morgan fingerprint density at radius 3 is 2.10 bits per heavy atom. The summed E-state index contributed by atoms with van der Waals surface area (Å²) >= 11 is 0. The van der Waals surface area contributed by atoms with Crippen molar-refractivity contribution in [1.29, 1.82) is 0 Å². The fraction of sp³-hybridized carbons (Fsp3) is 0.875. The van der Waals surface area contributed by atoms with Crippen LogP contribution in [0.1, 0.15) is 81.1 Å². The molecule has 174 valence electrons. The molecule has 0 aromatic carbocycles. The Labute approximate surface area is 182 Å². The van der Waals surface area contributed by atoms with Crippen molar-refractivity contribution in [2.24, 2.45) is 34.0 Å². The third kappa shape index (κ3) is 6.98. The van der Waals surface area contributed by atoms with E-state index in [0.717, 1.165) is 12.8 Å². The van der Waals surface area contributed by atoms with E-state index >= 15 is 0 Å². The molecule has 1 saturated carbocycles. The fourth-order valence-corrected chi connectivity index (χ4v) is 4.74. The maximum atomic E-state index is 13.1. The Bertz CT molecular complexity index is 603. The molecular weight excluding hydrogens is 384 g/mol. The lowest BCUT2D eigenvalue weighted by Crippen LogP contribution is -2.37. The average molecular weight is 427 g/mol. The third-order valence-corrected chi connectivity index (χ3v) is 6.50. The van der Waals surface area contributed by atoms with Crippen LogP contribution in [-0.2, 0) is 28.6 Å². The molecule has 0 spiro atoms. The van der Waals surface area contributed by atoms with Gasteiger partial charge >= 0.3 is 11.9 Å². The molecule has 6 heteroatoms. The molecule has 30 heavy (non-hydrogen) atoms. The number of carbonyl (C=O) groups is 3. The summed E-state index contributed by atoms with van der Waals surface area (Å²) in [6.45, 7) is 17.1. The molecule has 0 aromatic heterocycles. The number of methoxy groups -OCH3 is 1. The van der Waals surface area contributed by atoms with Gasteiger partial charge in [-0.1, -0.05) is 55.4 Å². The molecule has 0 N–H and O–H groups in total. The first-order valence-corrected chi connectivity index (χ1v) is 11.0. The van der Waals surface area contributed by atoms with Gasteiger partial charge in [0.05, 0.1) is 12.5 Å². The predicted octanol–water partition coefficient (Wildman–Crippen LogP) is 4.79. The smallest absolute Gasteiger partial charge is 0.312 e. The van der Waals surface area contributed by atoms with Gasteiger partial charge in [-0.25, -0.2) is 0 Å². The van der Waals surface area contributed by atoms with E-state index in [4.69, 9.17) is 14.2 Å². The van der Waals surface area contributed by atoms with Crippen LogP contribution < -0.4 is 0 Å². The van der Waals surface area contributed by atoms with Gasteiger partial charge in [-0.3, -0.25) is 14.4 Å². The molecule has 1 aliphatic rings. The average Bonchev–Trinajstić information content (AvgIpc) is 3.15. The Morgan fingerprint density at radius 2 is 1.70 bits per heavy atom. The van der Waals surface area contributed by atoms with Crippen molar-refractivity contribution >= 4 is 18.4 Å². The number of ether oxygens (including phenoxy) is 3. The van der Waals surface area contributed by atoms with Crippen LogP contribution >= 0.6 is 0 Å². The monoisotopic (exact) mass is 426 g/mol. The minimum Gasteiger partial charge on any atom is -0.469 e. The van der Waals surface area contributed by atoms with Gasteiger partial charge in [0.25, 0.3) is 6.47 Å². The minimum atomic E-state index is -0.542. The summed E-state index contributed by atoms with van der Waals surface area (Å²) in [5, 5.41) is 0. The molecule has 4 unspecified atom stereocenters. The molecule has 1 fully saturated rings. The summed E-state index contributed by atoms with van der Waals surface area (Å²) in [5.74, 6) is -0.243. The first-order chi connectivity index (χ1) is 13.7. The Hall–Kier alpha value is -1.59. The van der Waals surface area contributed by atoms with E-state index in [1.807, 2.05) is 20.8 Å². The van der Waals surface area contributed by atoms with Gasteiger partial charge in [0.2, 0.25) is 0 Å². The fourth-order valence-electron chi connectivity index (χ4n) is 4.74. The van der Waals surface area contributed by atoms with Crippen LogP contribution in [0.15, 0.2) is 0 Å². The van der Waals surface area contributed by atoms with Gasteiger partial charge in [-0.05, 0) is 41.9 Å². The van der Waals surface area contributed by atoms with Crippen LogP contribution in [0.4, 0.5) is 0 Å². The molecule has 1 aliphatic carbocycles. The second-order valence-corrected chi connectivity index (χ2v) is 11.3. The van der Waals surface area contributed by atoms with E-state index in [2.05, 4.69) is 34.6 Å². The lowest BCUT2D eigenvalue weighted by atomic mass is 9.79. The molecule has 4 atom stereocenters. The quantitative estimate of drug-likeness (QED) is 0.254. The largest absolute Gasteiger partial charge is 0.469 e. The summed E-state index contributed by atoms with van der Waals surface area (Å²) in [7, 11) is 1.37. The van der Waals surface area contributed by atoms with E-state index < -0.39 is 11.5 Å². The van der Waals surface area contributed by atoms with E-state index in [9.17, 15) is 14.4 Å². The molecule has 0 amide bonds. The molecule has 0 radical (unpaired) electrons. The van der Waals surface area contributed by atoms with Crippen molar-refractivity contribution in [3.63, 3.8) is 0 Å². The summed E-state index contributed by atoms with van der Waals surface area (Å²) in [4.78, 5) is 35.9. The molecule has 0 heterocycles. The zero-order chi connectivity index (χ0) is 23.3. The number of carbonyl (C=O) groups excluding carboxylic acids is 3. The zero-order valence-electron chi connectivity index (χ0n) is 20.4. The normalized spacial score (nSPS) is 23.3. The number of rotatable bonds is 12. The summed E-state index contributed by atoms with van der Waals surface area (Å²) in [6, 6.07) is 0. The SMILES string of the molecule is COC(=O)CC(C)CC(C(C)C)C(COC(=O)C1(CC(C)(C)C)CC1(C)C)OC=O. The number of esters is 2. The van der Waals surface area contributed by atoms with Crippen molar-refractivity contribution in [2.45, 2.75) is 87.2 Å². The Balaban J connectivity index is 2.87. The Kier molecular flexibility index (Phi) is 8.94. The molecule has 6 nitrogen and oxygen atoms in total. The van der Waals surface area contributed by atoms with Gasteiger partial charge in [0.1, 0.15) is 12.7 Å². The van der Waals surface area contributed by atoms with Gasteiger partial charge in [0, 0.05) is 12.3 Å². The Morgan fingerprint density at radius 1 is 1.13 bits per heavy atom. The molecule has 0 bridgehead atoms. The minimum absolute atomic E-state index is 0.00920. The summed E-state index contributed by atoms with van der Waals surface area (Å²) in [5.41, 5.74) is -0.567. The zero-order valence-corrected chi connectivity index (χ0v) is 20.4. The van der Waals surface area contributed by atoms with Crippen LogP contribution in [-0.4, -0.2) is 38.2 Å². The molecular formula is C24H42O6. The van der Waals surface area contributed by atoms with Gasteiger partial charge in [-0.15, -0.1) is 0 Å². The van der Waals surface area contributed by atoms with Gasteiger partial charge in [0.15, 0.2) is 0 Å². The van der Waals surface area contributed by atoms with Crippen molar-refractivity contribution in [2.75, 3.05) is 13.7 Å². The first kappa shape index (κ1) is 26.4. The topological polar surface area (TPSA) is 78.9 Å². The van der Waals surface area contributed by atoms with Crippen molar-refractivity contribution < 1.29 is 28.6 Å². The highest BCUT2D eigenvalue weighted by Crippen LogP contribution is 2.68. The van der Waals surface area contributed by atoms with Gasteiger partial charge < -0.3 is 14.2 Å². The maximum absolute atomic E-state index is 13.1. The van der Waals surface area contributed by atoms with Gasteiger partial charge in [-0.2, -0.15) is 0 Å².